The Morgan fingerprint density at radius 2 is 2.16 bits per heavy atom. The standard InChI is InChI=1S/C21H26ClN3O4S2/c1-29-21(26)6-4-2-3-5-19-11-17(12-25(19)13-18-14-30-15-23-18)24-31(27,28)20-9-7-16(22)8-10-20/h3,5,7-10,14-15,17,19,24H,2,4,6,11-13H2,1H3/b5-3-/t17-,19-/m1/s1. The zero-order valence-corrected chi connectivity index (χ0v) is 19.6. The first-order chi connectivity index (χ1) is 14.9. The van der Waals surface area contributed by atoms with Crippen LogP contribution in [0.4, 0.5) is 0 Å². The van der Waals surface area contributed by atoms with Crippen LogP contribution in [0.2, 0.25) is 5.02 Å². The topological polar surface area (TPSA) is 88.6 Å². The smallest absolute Gasteiger partial charge is 0.305 e. The van der Waals surface area contributed by atoms with Crippen molar-refractivity contribution in [2.75, 3.05) is 13.7 Å². The molecule has 1 aromatic carbocycles. The first-order valence-corrected chi connectivity index (χ1v) is 12.8. The maximum Gasteiger partial charge on any atom is 0.305 e. The summed E-state index contributed by atoms with van der Waals surface area (Å²) < 4.78 is 33.0. The van der Waals surface area contributed by atoms with Crippen LogP contribution in [-0.2, 0) is 26.1 Å². The first-order valence-electron chi connectivity index (χ1n) is 10.00. The number of methoxy groups -OCH3 is 1. The van der Waals surface area contributed by atoms with E-state index in [-0.39, 0.29) is 22.9 Å². The van der Waals surface area contributed by atoms with E-state index in [4.69, 9.17) is 11.6 Å². The van der Waals surface area contributed by atoms with Crippen LogP contribution in [-0.4, -0.2) is 50.0 Å². The number of allylic oxidation sites excluding steroid dienone is 1. The lowest BCUT2D eigenvalue weighted by molar-refractivity contribution is -0.140. The lowest BCUT2D eigenvalue weighted by atomic mass is 10.1. The van der Waals surface area contributed by atoms with Crippen LogP contribution in [0.15, 0.2) is 52.2 Å². The minimum atomic E-state index is -3.64. The summed E-state index contributed by atoms with van der Waals surface area (Å²) in [5.74, 6) is -0.212. The van der Waals surface area contributed by atoms with E-state index in [1.807, 2.05) is 5.38 Å². The summed E-state index contributed by atoms with van der Waals surface area (Å²) in [5.41, 5.74) is 2.76. The highest BCUT2D eigenvalue weighted by Gasteiger charge is 2.33. The summed E-state index contributed by atoms with van der Waals surface area (Å²) in [6, 6.07) is 6.01. The molecule has 2 atom stereocenters. The van der Waals surface area contributed by atoms with Gasteiger partial charge in [-0.2, -0.15) is 0 Å². The number of nitrogens with one attached hydrogen (secondary N) is 1. The molecule has 0 bridgehead atoms. The molecule has 0 saturated carbocycles. The van der Waals surface area contributed by atoms with Gasteiger partial charge in [0.2, 0.25) is 10.0 Å². The Kier molecular flexibility index (Phi) is 8.62. The first kappa shape index (κ1) is 23.9. The van der Waals surface area contributed by atoms with Crippen molar-refractivity contribution in [1.29, 1.82) is 0 Å². The molecule has 7 nitrogen and oxygen atoms in total. The Balaban J connectivity index is 1.64. The molecule has 1 aliphatic heterocycles. The Hall–Kier alpha value is -1.78. The zero-order valence-electron chi connectivity index (χ0n) is 17.2. The zero-order chi connectivity index (χ0) is 22.3. The Morgan fingerprint density at radius 1 is 1.39 bits per heavy atom. The molecule has 3 rings (SSSR count). The lowest BCUT2D eigenvalue weighted by Gasteiger charge is -2.20. The number of esters is 1. The molecule has 168 valence electrons. The normalized spacial score (nSPS) is 19.8. The van der Waals surface area contributed by atoms with Gasteiger partial charge in [-0.3, -0.25) is 9.69 Å². The molecule has 0 unspecified atom stereocenters. The van der Waals surface area contributed by atoms with E-state index in [9.17, 15) is 13.2 Å². The maximum absolute atomic E-state index is 12.8. The van der Waals surface area contributed by atoms with Crippen molar-refractivity contribution in [3.63, 3.8) is 0 Å². The number of rotatable bonds is 10. The Labute approximate surface area is 192 Å². The Morgan fingerprint density at radius 3 is 2.84 bits per heavy atom. The van der Waals surface area contributed by atoms with Crippen molar-refractivity contribution in [3.8, 4) is 0 Å². The number of carbonyl (C=O) groups excluding carboxylic acids is 1. The van der Waals surface area contributed by atoms with Crippen molar-refractivity contribution < 1.29 is 17.9 Å². The van der Waals surface area contributed by atoms with Gasteiger partial charge in [0, 0.05) is 42.0 Å². The second-order valence-corrected chi connectivity index (χ2v) is 10.3. The van der Waals surface area contributed by atoms with E-state index >= 15 is 0 Å². The molecule has 2 heterocycles. The van der Waals surface area contributed by atoms with Gasteiger partial charge in [-0.15, -0.1) is 11.3 Å². The van der Waals surface area contributed by atoms with Gasteiger partial charge in [0.25, 0.3) is 0 Å². The van der Waals surface area contributed by atoms with Gasteiger partial charge >= 0.3 is 5.97 Å². The lowest BCUT2D eigenvalue weighted by Crippen LogP contribution is -2.37. The van der Waals surface area contributed by atoms with Crippen molar-refractivity contribution in [2.24, 2.45) is 0 Å². The monoisotopic (exact) mass is 483 g/mol. The number of halogens is 1. The van der Waals surface area contributed by atoms with E-state index < -0.39 is 10.0 Å². The number of benzene rings is 1. The maximum atomic E-state index is 12.8. The number of ether oxygens (including phenoxy) is 1. The molecule has 1 aromatic heterocycles. The number of thiazole rings is 1. The Bertz CT molecular complexity index is 979. The van der Waals surface area contributed by atoms with Crippen LogP contribution in [0.3, 0.4) is 0 Å². The van der Waals surface area contributed by atoms with Crippen molar-refractivity contribution in [3.05, 3.63) is 58.0 Å². The fourth-order valence-electron chi connectivity index (χ4n) is 3.55. The summed E-state index contributed by atoms with van der Waals surface area (Å²) in [6.07, 6.45) is 6.67. The van der Waals surface area contributed by atoms with E-state index in [1.54, 1.807) is 29.0 Å². The number of nitrogens with zero attached hydrogens (tertiary/aromatic N) is 2. The van der Waals surface area contributed by atoms with Crippen molar-refractivity contribution in [2.45, 2.75) is 49.2 Å². The third kappa shape index (κ3) is 7.11. The minimum absolute atomic E-state index is 0.0812. The molecule has 10 heteroatoms. The van der Waals surface area contributed by atoms with E-state index in [2.05, 4.69) is 31.5 Å². The fraction of sp³-hybridized carbons (Fsp3) is 0.429. The van der Waals surface area contributed by atoms with Crippen LogP contribution in [0.5, 0.6) is 0 Å². The third-order valence-electron chi connectivity index (χ3n) is 5.08. The molecule has 1 N–H and O–H groups in total. The SMILES string of the molecule is COC(=O)CCC/C=C\[C@@H]1C[C@@H](NS(=O)(=O)c2ccc(Cl)cc2)CN1Cc1cscn1. The highest BCUT2D eigenvalue weighted by molar-refractivity contribution is 7.89. The second kappa shape index (κ2) is 11.2. The molecule has 0 amide bonds. The van der Waals surface area contributed by atoms with Gasteiger partial charge in [0.05, 0.1) is 23.2 Å². The summed E-state index contributed by atoms with van der Waals surface area (Å²) in [7, 11) is -2.25. The number of likely N-dealkylation sites (tertiary alicyclic amines) is 1. The minimum Gasteiger partial charge on any atom is -0.469 e. The van der Waals surface area contributed by atoms with Crippen LogP contribution in [0, 0.1) is 0 Å². The molecule has 2 aromatic rings. The van der Waals surface area contributed by atoms with E-state index in [0.29, 0.717) is 37.4 Å². The summed E-state index contributed by atoms with van der Waals surface area (Å²) >= 11 is 7.41. The highest BCUT2D eigenvalue weighted by Crippen LogP contribution is 2.24. The molecule has 0 spiro atoms. The summed E-state index contributed by atoms with van der Waals surface area (Å²) in [6.45, 7) is 1.24. The third-order valence-corrected chi connectivity index (χ3v) is 7.51. The van der Waals surface area contributed by atoms with Gasteiger partial charge < -0.3 is 4.74 Å². The molecule has 0 aliphatic carbocycles. The van der Waals surface area contributed by atoms with Crippen LogP contribution in [0.25, 0.3) is 0 Å². The van der Waals surface area contributed by atoms with E-state index in [0.717, 1.165) is 12.1 Å². The molecule has 1 fully saturated rings. The number of carbonyl (C=O) groups is 1. The molecular formula is C21H26ClN3O4S2. The molecule has 0 radical (unpaired) electrons. The molecule has 1 aliphatic rings. The van der Waals surface area contributed by atoms with Crippen LogP contribution < -0.4 is 4.72 Å². The molecule has 1 saturated heterocycles. The largest absolute Gasteiger partial charge is 0.469 e. The van der Waals surface area contributed by atoms with Gasteiger partial charge in [-0.1, -0.05) is 23.8 Å². The predicted molar refractivity (Wildman–Crippen MR) is 121 cm³/mol. The van der Waals surface area contributed by atoms with Gasteiger partial charge in [-0.25, -0.2) is 18.1 Å². The van der Waals surface area contributed by atoms with Crippen LogP contribution >= 0.6 is 22.9 Å². The number of hydrogen-bond acceptors (Lipinski definition) is 7. The fourth-order valence-corrected chi connectivity index (χ4v) is 5.46. The summed E-state index contributed by atoms with van der Waals surface area (Å²) in [4.78, 5) is 18.0. The quantitative estimate of drug-likeness (QED) is 0.315. The van der Waals surface area contributed by atoms with Crippen molar-refractivity contribution in [1.82, 2.24) is 14.6 Å². The number of unbranched alkanes of at least 4 members (excludes halogenated alkanes) is 1. The van der Waals surface area contributed by atoms with Gasteiger partial charge in [-0.05, 0) is 43.5 Å². The molecule has 31 heavy (non-hydrogen) atoms. The number of sulfonamides is 1. The van der Waals surface area contributed by atoms with Gasteiger partial charge in [0.1, 0.15) is 0 Å². The molecular weight excluding hydrogens is 458 g/mol. The average Bonchev–Trinajstić information content (AvgIpc) is 3.38. The average molecular weight is 484 g/mol. The highest BCUT2D eigenvalue weighted by atomic mass is 35.5. The summed E-state index contributed by atoms with van der Waals surface area (Å²) in [5, 5.41) is 2.49. The van der Waals surface area contributed by atoms with Gasteiger partial charge in [0.15, 0.2) is 0 Å². The predicted octanol–water partition coefficient (Wildman–Crippen LogP) is 3.62. The van der Waals surface area contributed by atoms with E-state index in [1.165, 1.54) is 19.2 Å². The van der Waals surface area contributed by atoms with Crippen molar-refractivity contribution >= 4 is 38.9 Å². The number of hydrogen-bond donors (Lipinski definition) is 1. The van der Waals surface area contributed by atoms with Crippen LogP contribution in [0.1, 0.15) is 31.4 Å². The second-order valence-electron chi connectivity index (χ2n) is 7.38. The number of aromatic nitrogens is 1.